The van der Waals surface area contributed by atoms with Gasteiger partial charge in [0.05, 0.1) is 10.5 Å². The standard InChI is InChI=1S/C20H21NO2S2/c1-2-3-7-12-21-19(22)17(16-11-8-13-24-16)18(20(21)23)25-14-15-9-5-4-6-10-15/h4-6,8-11,13H,2-3,7,12,14H2,1H3. The van der Waals surface area contributed by atoms with E-state index in [1.165, 1.54) is 28.0 Å². The van der Waals surface area contributed by atoms with Crippen molar-refractivity contribution in [1.29, 1.82) is 0 Å². The van der Waals surface area contributed by atoms with Gasteiger partial charge in [-0.1, -0.05) is 56.2 Å². The molecule has 0 bridgehead atoms. The van der Waals surface area contributed by atoms with Crippen LogP contribution in [0, 0.1) is 0 Å². The Hall–Kier alpha value is -1.85. The number of thioether (sulfide) groups is 1. The van der Waals surface area contributed by atoms with Crippen LogP contribution in [0.25, 0.3) is 5.57 Å². The summed E-state index contributed by atoms with van der Waals surface area (Å²) < 4.78 is 0. The summed E-state index contributed by atoms with van der Waals surface area (Å²) >= 11 is 2.98. The van der Waals surface area contributed by atoms with E-state index in [-0.39, 0.29) is 11.8 Å². The Morgan fingerprint density at radius 2 is 1.80 bits per heavy atom. The molecule has 0 atom stereocenters. The highest BCUT2D eigenvalue weighted by Crippen LogP contribution is 2.39. The normalized spacial score (nSPS) is 14.7. The Kier molecular flexibility index (Phi) is 6.10. The van der Waals surface area contributed by atoms with Gasteiger partial charge in [-0.3, -0.25) is 14.5 Å². The number of imide groups is 1. The topological polar surface area (TPSA) is 37.4 Å². The highest BCUT2D eigenvalue weighted by atomic mass is 32.2. The Labute approximate surface area is 156 Å². The average Bonchev–Trinajstić information content (AvgIpc) is 3.23. The van der Waals surface area contributed by atoms with Gasteiger partial charge in [0, 0.05) is 17.2 Å². The lowest BCUT2D eigenvalue weighted by Gasteiger charge is -2.14. The molecule has 1 aromatic carbocycles. The minimum Gasteiger partial charge on any atom is -0.274 e. The van der Waals surface area contributed by atoms with E-state index in [1.54, 1.807) is 0 Å². The predicted molar refractivity (Wildman–Crippen MR) is 105 cm³/mol. The van der Waals surface area contributed by atoms with Gasteiger partial charge < -0.3 is 0 Å². The van der Waals surface area contributed by atoms with Crippen molar-refractivity contribution in [2.24, 2.45) is 0 Å². The summed E-state index contributed by atoms with van der Waals surface area (Å²) in [6.45, 7) is 2.62. The van der Waals surface area contributed by atoms with Crippen molar-refractivity contribution in [2.45, 2.75) is 31.9 Å². The number of unbranched alkanes of at least 4 members (excludes halogenated alkanes) is 2. The zero-order chi connectivity index (χ0) is 17.6. The smallest absolute Gasteiger partial charge is 0.268 e. The molecular weight excluding hydrogens is 350 g/mol. The van der Waals surface area contributed by atoms with Crippen molar-refractivity contribution < 1.29 is 9.59 Å². The van der Waals surface area contributed by atoms with Crippen molar-refractivity contribution in [3.8, 4) is 0 Å². The van der Waals surface area contributed by atoms with Gasteiger partial charge in [0.15, 0.2) is 0 Å². The summed E-state index contributed by atoms with van der Waals surface area (Å²) in [6, 6.07) is 13.9. The van der Waals surface area contributed by atoms with Crippen LogP contribution in [-0.4, -0.2) is 23.3 Å². The molecule has 0 fully saturated rings. The van der Waals surface area contributed by atoms with Crippen LogP contribution in [0.4, 0.5) is 0 Å². The summed E-state index contributed by atoms with van der Waals surface area (Å²) in [6.07, 6.45) is 2.96. The van der Waals surface area contributed by atoms with Crippen LogP contribution in [0.5, 0.6) is 0 Å². The summed E-state index contributed by atoms with van der Waals surface area (Å²) in [7, 11) is 0. The fourth-order valence-corrected chi connectivity index (χ4v) is 4.69. The van der Waals surface area contributed by atoms with Gasteiger partial charge in [0.2, 0.25) is 0 Å². The van der Waals surface area contributed by atoms with Crippen molar-refractivity contribution >= 4 is 40.5 Å². The number of rotatable bonds is 8. The highest BCUT2D eigenvalue weighted by Gasteiger charge is 2.39. The van der Waals surface area contributed by atoms with E-state index in [0.717, 1.165) is 29.7 Å². The van der Waals surface area contributed by atoms with E-state index >= 15 is 0 Å². The molecular formula is C20H21NO2S2. The number of hydrogen-bond acceptors (Lipinski definition) is 4. The molecule has 0 N–H and O–H groups in total. The van der Waals surface area contributed by atoms with Crippen LogP contribution in [0.1, 0.15) is 36.6 Å². The average molecular weight is 372 g/mol. The first-order valence-corrected chi connectivity index (χ1v) is 10.4. The number of nitrogens with zero attached hydrogens (tertiary/aromatic N) is 1. The van der Waals surface area contributed by atoms with Gasteiger partial charge in [-0.25, -0.2) is 0 Å². The molecule has 2 heterocycles. The molecule has 0 aliphatic carbocycles. The van der Waals surface area contributed by atoms with Crippen LogP contribution >= 0.6 is 23.1 Å². The molecule has 0 saturated heterocycles. The molecule has 3 rings (SSSR count). The first-order valence-electron chi connectivity index (χ1n) is 8.53. The highest BCUT2D eigenvalue weighted by molar-refractivity contribution is 8.03. The maximum absolute atomic E-state index is 12.9. The second-order valence-electron chi connectivity index (χ2n) is 5.92. The first-order chi connectivity index (χ1) is 12.2. The lowest BCUT2D eigenvalue weighted by molar-refractivity contribution is -0.136. The monoisotopic (exact) mass is 371 g/mol. The number of carbonyl (C=O) groups excluding carboxylic acids is 2. The van der Waals surface area contributed by atoms with Crippen molar-refractivity contribution in [3.05, 3.63) is 63.2 Å². The molecule has 3 nitrogen and oxygen atoms in total. The maximum Gasteiger partial charge on any atom is 0.268 e. The third kappa shape index (κ3) is 4.05. The molecule has 1 aliphatic rings. The minimum atomic E-state index is -0.140. The van der Waals surface area contributed by atoms with Gasteiger partial charge in [-0.05, 0) is 23.4 Å². The lowest BCUT2D eigenvalue weighted by atomic mass is 10.2. The SMILES string of the molecule is CCCCCN1C(=O)C(SCc2ccccc2)=C(c2cccs2)C1=O. The van der Waals surface area contributed by atoms with E-state index in [1.807, 2.05) is 47.8 Å². The van der Waals surface area contributed by atoms with Crippen LogP contribution in [-0.2, 0) is 15.3 Å². The van der Waals surface area contributed by atoms with E-state index in [9.17, 15) is 9.59 Å². The first kappa shape index (κ1) is 18.0. The summed E-state index contributed by atoms with van der Waals surface area (Å²) in [4.78, 5) is 28.6. The van der Waals surface area contributed by atoms with Crippen LogP contribution in [0.15, 0.2) is 52.7 Å². The number of benzene rings is 1. The van der Waals surface area contributed by atoms with Gasteiger partial charge in [0.25, 0.3) is 11.8 Å². The summed E-state index contributed by atoms with van der Waals surface area (Å²) in [5.41, 5.74) is 1.73. The fourth-order valence-electron chi connectivity index (χ4n) is 2.78. The third-order valence-electron chi connectivity index (χ3n) is 4.10. The zero-order valence-corrected chi connectivity index (χ0v) is 15.9. The van der Waals surface area contributed by atoms with E-state index < -0.39 is 0 Å². The fraction of sp³-hybridized carbons (Fsp3) is 0.300. The summed E-state index contributed by atoms with van der Waals surface area (Å²) in [5.74, 6) is 0.414. The molecule has 2 amide bonds. The van der Waals surface area contributed by atoms with Crippen molar-refractivity contribution in [1.82, 2.24) is 4.90 Å². The Balaban J connectivity index is 1.83. The van der Waals surface area contributed by atoms with Gasteiger partial charge in [-0.2, -0.15) is 0 Å². The molecule has 25 heavy (non-hydrogen) atoms. The quantitative estimate of drug-likeness (QED) is 0.487. The largest absolute Gasteiger partial charge is 0.274 e. The van der Waals surface area contributed by atoms with Crippen LogP contribution < -0.4 is 0 Å². The number of hydrogen-bond donors (Lipinski definition) is 0. The molecule has 0 saturated carbocycles. The second kappa shape index (κ2) is 8.50. The van der Waals surface area contributed by atoms with Crippen LogP contribution in [0.2, 0.25) is 0 Å². The Morgan fingerprint density at radius 1 is 1.00 bits per heavy atom. The number of amides is 2. The van der Waals surface area contributed by atoms with Crippen LogP contribution in [0.3, 0.4) is 0 Å². The van der Waals surface area contributed by atoms with E-state index in [4.69, 9.17) is 0 Å². The summed E-state index contributed by atoms with van der Waals surface area (Å²) in [5, 5.41) is 1.94. The van der Waals surface area contributed by atoms with Crippen molar-refractivity contribution in [2.75, 3.05) is 6.54 Å². The molecule has 0 unspecified atom stereocenters. The Bertz CT molecular complexity index is 766. The molecule has 0 radical (unpaired) electrons. The van der Waals surface area contributed by atoms with E-state index in [2.05, 4.69) is 6.92 Å². The third-order valence-corrected chi connectivity index (χ3v) is 6.14. The van der Waals surface area contributed by atoms with Crippen molar-refractivity contribution in [3.63, 3.8) is 0 Å². The molecule has 130 valence electrons. The number of thiophene rings is 1. The maximum atomic E-state index is 12.9. The molecule has 0 spiro atoms. The number of carbonyl (C=O) groups is 2. The molecule has 2 aromatic rings. The lowest BCUT2D eigenvalue weighted by Crippen LogP contribution is -2.32. The van der Waals surface area contributed by atoms with Gasteiger partial charge in [-0.15, -0.1) is 23.1 Å². The second-order valence-corrected chi connectivity index (χ2v) is 7.86. The van der Waals surface area contributed by atoms with E-state index in [0.29, 0.717) is 22.8 Å². The zero-order valence-electron chi connectivity index (χ0n) is 14.2. The predicted octanol–water partition coefficient (Wildman–Crippen LogP) is 4.95. The van der Waals surface area contributed by atoms with Gasteiger partial charge >= 0.3 is 0 Å². The Morgan fingerprint density at radius 3 is 2.48 bits per heavy atom. The molecule has 1 aliphatic heterocycles. The molecule has 1 aromatic heterocycles. The minimum absolute atomic E-state index is 0.134. The molecule has 5 heteroatoms. The van der Waals surface area contributed by atoms with Gasteiger partial charge in [0.1, 0.15) is 0 Å².